The van der Waals surface area contributed by atoms with Gasteiger partial charge in [0.05, 0.1) is 11.4 Å². The average Bonchev–Trinajstić information content (AvgIpc) is 2.56. The number of carbonyl (C=O) groups is 1. The molecule has 0 spiro atoms. The van der Waals surface area contributed by atoms with Gasteiger partial charge in [-0.25, -0.2) is 4.79 Å². The molecule has 9 heteroatoms. The molecule has 2 aromatic rings. The van der Waals surface area contributed by atoms with E-state index < -0.39 is 23.0 Å². The minimum Gasteiger partial charge on any atom is -0.461 e. The predicted octanol–water partition coefficient (Wildman–Crippen LogP) is 3.02. The molecule has 0 saturated carbocycles. The second-order valence-corrected chi connectivity index (χ2v) is 5.19. The molecule has 122 valence electrons. The first kappa shape index (κ1) is 17.2. The Morgan fingerprint density at radius 2 is 2.13 bits per heavy atom. The van der Waals surface area contributed by atoms with E-state index in [4.69, 9.17) is 38.4 Å². The standard InChI is InChI=1S/C14H12Cl2FN3O3/c1-7(14(21)22-6-8-4-2-3-5-19-8)23-13-10(16)11(18)9(15)12(17)20-13/h2-5,7H,6H2,1H3,(H2,18,20). The Labute approximate surface area is 141 Å². The number of rotatable bonds is 5. The van der Waals surface area contributed by atoms with Crippen molar-refractivity contribution in [3.63, 3.8) is 0 Å². The van der Waals surface area contributed by atoms with Gasteiger partial charge >= 0.3 is 5.97 Å². The number of nitrogens with two attached hydrogens (primary N) is 1. The fourth-order valence-electron chi connectivity index (χ4n) is 1.55. The van der Waals surface area contributed by atoms with Crippen LogP contribution in [0.4, 0.5) is 10.1 Å². The minimum absolute atomic E-state index is 0.0222. The van der Waals surface area contributed by atoms with Crippen molar-refractivity contribution in [1.82, 2.24) is 9.97 Å². The van der Waals surface area contributed by atoms with Crippen molar-refractivity contribution in [2.75, 3.05) is 5.73 Å². The summed E-state index contributed by atoms with van der Waals surface area (Å²) < 4.78 is 23.7. The van der Waals surface area contributed by atoms with Crippen LogP contribution in [0.15, 0.2) is 24.4 Å². The number of pyridine rings is 2. The summed E-state index contributed by atoms with van der Waals surface area (Å²) >= 11 is 11.4. The van der Waals surface area contributed by atoms with Crippen molar-refractivity contribution >= 4 is 34.9 Å². The molecule has 0 bridgehead atoms. The van der Waals surface area contributed by atoms with Gasteiger partial charge in [0.2, 0.25) is 11.8 Å². The Hall–Kier alpha value is -2.12. The van der Waals surface area contributed by atoms with Gasteiger partial charge < -0.3 is 15.2 Å². The van der Waals surface area contributed by atoms with Crippen LogP contribution in [0.2, 0.25) is 10.0 Å². The van der Waals surface area contributed by atoms with Crippen LogP contribution in [-0.2, 0) is 16.1 Å². The smallest absolute Gasteiger partial charge is 0.347 e. The topological polar surface area (TPSA) is 87.3 Å². The quantitative estimate of drug-likeness (QED) is 0.652. The lowest BCUT2D eigenvalue weighted by atomic mass is 10.3. The van der Waals surface area contributed by atoms with Crippen molar-refractivity contribution in [2.24, 2.45) is 0 Å². The molecule has 0 radical (unpaired) electrons. The van der Waals surface area contributed by atoms with Crippen LogP contribution in [0.25, 0.3) is 0 Å². The summed E-state index contributed by atoms with van der Waals surface area (Å²) in [6.45, 7) is 1.38. The SMILES string of the molecule is CC(Oc1nc(F)c(Cl)c(N)c1Cl)C(=O)OCc1ccccn1. The van der Waals surface area contributed by atoms with E-state index in [-0.39, 0.29) is 23.2 Å². The van der Waals surface area contributed by atoms with E-state index in [0.717, 1.165) is 0 Å². The zero-order valence-electron chi connectivity index (χ0n) is 11.9. The molecule has 23 heavy (non-hydrogen) atoms. The number of halogens is 3. The van der Waals surface area contributed by atoms with Gasteiger partial charge in [0.1, 0.15) is 16.7 Å². The van der Waals surface area contributed by atoms with Crippen molar-refractivity contribution in [3.8, 4) is 5.88 Å². The van der Waals surface area contributed by atoms with Crippen molar-refractivity contribution in [2.45, 2.75) is 19.6 Å². The molecule has 1 unspecified atom stereocenters. The highest BCUT2D eigenvalue weighted by Crippen LogP contribution is 2.35. The first-order valence-corrected chi connectivity index (χ1v) is 7.19. The maximum absolute atomic E-state index is 13.5. The lowest BCUT2D eigenvalue weighted by Crippen LogP contribution is -2.26. The van der Waals surface area contributed by atoms with E-state index in [9.17, 15) is 9.18 Å². The fourth-order valence-corrected chi connectivity index (χ4v) is 1.92. The molecule has 2 N–H and O–H groups in total. The molecule has 0 aliphatic heterocycles. The van der Waals surface area contributed by atoms with Crippen LogP contribution in [0.1, 0.15) is 12.6 Å². The van der Waals surface area contributed by atoms with Crippen LogP contribution in [0, 0.1) is 5.95 Å². The van der Waals surface area contributed by atoms with Gasteiger partial charge in [-0.05, 0) is 19.1 Å². The Kier molecular flexibility index (Phi) is 5.57. The van der Waals surface area contributed by atoms with Crippen molar-refractivity contribution in [1.29, 1.82) is 0 Å². The van der Waals surface area contributed by atoms with Crippen LogP contribution in [0.3, 0.4) is 0 Å². The summed E-state index contributed by atoms with van der Waals surface area (Å²) in [6, 6.07) is 5.20. The summed E-state index contributed by atoms with van der Waals surface area (Å²) in [7, 11) is 0. The van der Waals surface area contributed by atoms with Gasteiger partial charge in [0, 0.05) is 6.20 Å². The predicted molar refractivity (Wildman–Crippen MR) is 82.8 cm³/mol. The summed E-state index contributed by atoms with van der Waals surface area (Å²) in [5, 5.41) is -0.589. The lowest BCUT2D eigenvalue weighted by Gasteiger charge is -2.15. The van der Waals surface area contributed by atoms with Gasteiger partial charge in [-0.2, -0.15) is 9.37 Å². The summed E-state index contributed by atoms with van der Waals surface area (Å²) in [5.41, 5.74) is 5.88. The fraction of sp³-hybridized carbons (Fsp3) is 0.214. The summed E-state index contributed by atoms with van der Waals surface area (Å²) in [4.78, 5) is 19.3. The van der Waals surface area contributed by atoms with E-state index in [1.54, 1.807) is 24.4 Å². The number of anilines is 1. The molecule has 2 rings (SSSR count). The highest BCUT2D eigenvalue weighted by atomic mass is 35.5. The van der Waals surface area contributed by atoms with Crippen molar-refractivity contribution in [3.05, 3.63) is 46.1 Å². The zero-order valence-corrected chi connectivity index (χ0v) is 13.4. The molecule has 0 fully saturated rings. The molecule has 0 aromatic carbocycles. The molecule has 2 heterocycles. The molecule has 0 aliphatic rings. The van der Waals surface area contributed by atoms with Gasteiger partial charge in [0.25, 0.3) is 0 Å². The Balaban J connectivity index is 2.01. The maximum atomic E-state index is 13.5. The Bertz CT molecular complexity index is 716. The third-order valence-electron chi connectivity index (χ3n) is 2.75. The number of carbonyl (C=O) groups excluding carboxylic acids is 1. The number of ether oxygens (including phenoxy) is 2. The van der Waals surface area contributed by atoms with Gasteiger partial charge in [-0.3, -0.25) is 4.98 Å². The molecular weight excluding hydrogens is 348 g/mol. The largest absolute Gasteiger partial charge is 0.461 e. The third-order valence-corrected chi connectivity index (χ3v) is 3.48. The lowest BCUT2D eigenvalue weighted by molar-refractivity contribution is -0.152. The number of hydrogen-bond donors (Lipinski definition) is 1. The third kappa shape index (κ3) is 4.20. The average molecular weight is 360 g/mol. The number of nitrogen functional groups attached to an aromatic ring is 1. The van der Waals surface area contributed by atoms with Crippen molar-refractivity contribution < 1.29 is 18.7 Å². The van der Waals surface area contributed by atoms with E-state index in [1.807, 2.05) is 0 Å². The minimum atomic E-state index is -1.08. The van der Waals surface area contributed by atoms with E-state index >= 15 is 0 Å². The molecular formula is C14H12Cl2FN3O3. The molecule has 0 saturated heterocycles. The monoisotopic (exact) mass is 359 g/mol. The number of esters is 1. The molecule has 6 nitrogen and oxygen atoms in total. The maximum Gasteiger partial charge on any atom is 0.347 e. The highest BCUT2D eigenvalue weighted by molar-refractivity contribution is 6.39. The first-order valence-electron chi connectivity index (χ1n) is 6.43. The Morgan fingerprint density at radius 1 is 1.39 bits per heavy atom. The van der Waals surface area contributed by atoms with Crippen LogP contribution >= 0.6 is 23.2 Å². The van der Waals surface area contributed by atoms with E-state index in [0.29, 0.717) is 5.69 Å². The number of nitrogens with zero attached hydrogens (tertiary/aromatic N) is 2. The van der Waals surface area contributed by atoms with Crippen LogP contribution < -0.4 is 10.5 Å². The van der Waals surface area contributed by atoms with E-state index in [2.05, 4.69) is 9.97 Å². The summed E-state index contributed by atoms with van der Waals surface area (Å²) in [5.74, 6) is -2.08. The number of aromatic nitrogens is 2. The molecule has 0 amide bonds. The molecule has 2 aromatic heterocycles. The summed E-state index contributed by atoms with van der Waals surface area (Å²) in [6.07, 6.45) is 0.496. The van der Waals surface area contributed by atoms with Gasteiger partial charge in [-0.15, -0.1) is 0 Å². The van der Waals surface area contributed by atoms with Gasteiger partial charge in [0.15, 0.2) is 6.10 Å². The number of hydrogen-bond acceptors (Lipinski definition) is 6. The van der Waals surface area contributed by atoms with Gasteiger partial charge in [-0.1, -0.05) is 29.3 Å². The second kappa shape index (κ2) is 7.43. The van der Waals surface area contributed by atoms with Crippen LogP contribution in [-0.4, -0.2) is 22.0 Å². The Morgan fingerprint density at radius 3 is 2.78 bits per heavy atom. The zero-order chi connectivity index (χ0) is 17.0. The van der Waals surface area contributed by atoms with E-state index in [1.165, 1.54) is 6.92 Å². The molecule has 0 aliphatic carbocycles. The first-order chi connectivity index (χ1) is 10.9. The molecule has 1 atom stereocenters. The second-order valence-electron chi connectivity index (χ2n) is 4.44. The highest BCUT2D eigenvalue weighted by Gasteiger charge is 2.22. The van der Waals surface area contributed by atoms with Crippen LogP contribution in [0.5, 0.6) is 5.88 Å². The normalized spacial score (nSPS) is 11.8.